The summed E-state index contributed by atoms with van der Waals surface area (Å²) in [5, 5.41) is 6.11. The van der Waals surface area contributed by atoms with Gasteiger partial charge in [-0.25, -0.2) is 5.10 Å². The summed E-state index contributed by atoms with van der Waals surface area (Å²) in [6.07, 6.45) is 3.42. The lowest BCUT2D eigenvalue weighted by Gasteiger charge is -1.99. The lowest BCUT2D eigenvalue weighted by Crippen LogP contribution is -2.12. The van der Waals surface area contributed by atoms with Crippen LogP contribution in [0.25, 0.3) is 11.3 Å². The third-order valence-electron chi connectivity index (χ3n) is 1.91. The van der Waals surface area contributed by atoms with Gasteiger partial charge < -0.3 is 4.98 Å². The molecule has 2 rings (SSSR count). The average molecular weight is 175 g/mol. The fourth-order valence-electron chi connectivity index (χ4n) is 1.31. The third-order valence-corrected chi connectivity index (χ3v) is 1.91. The Balaban J connectivity index is 2.71. The normalized spacial score (nSPS) is 10.2. The minimum atomic E-state index is -0.164. The first-order chi connectivity index (χ1) is 6.29. The summed E-state index contributed by atoms with van der Waals surface area (Å²) in [7, 11) is 0. The second kappa shape index (κ2) is 2.90. The molecule has 0 aliphatic carbocycles. The van der Waals surface area contributed by atoms with E-state index in [0.717, 1.165) is 11.3 Å². The highest BCUT2D eigenvalue weighted by Crippen LogP contribution is 2.14. The predicted octanol–water partition coefficient (Wildman–Crippen LogP) is 1.07. The highest BCUT2D eigenvalue weighted by molar-refractivity contribution is 5.61. The van der Waals surface area contributed by atoms with Crippen LogP contribution in [0, 0.1) is 6.92 Å². The summed E-state index contributed by atoms with van der Waals surface area (Å²) >= 11 is 0. The zero-order valence-electron chi connectivity index (χ0n) is 7.16. The average Bonchev–Trinajstić information content (AvgIpc) is 2.57. The van der Waals surface area contributed by atoms with Crippen LogP contribution in [-0.4, -0.2) is 15.2 Å². The van der Waals surface area contributed by atoms with Crippen LogP contribution in [0.2, 0.25) is 0 Å². The Morgan fingerprint density at radius 3 is 2.92 bits per heavy atom. The first kappa shape index (κ1) is 7.79. The van der Waals surface area contributed by atoms with Crippen LogP contribution in [0.15, 0.2) is 29.3 Å². The summed E-state index contributed by atoms with van der Waals surface area (Å²) in [4.78, 5) is 14.4. The molecule has 0 unspecified atom stereocenters. The maximum Gasteiger partial charge on any atom is 0.273 e. The molecule has 0 radical (unpaired) electrons. The standard InChI is InChI=1S/C9H9N3O/c1-6-5-11-12-9(13)8(6)7-3-2-4-10-7/h2-5,10H,1H3,(H,12,13). The Kier molecular flexibility index (Phi) is 1.73. The van der Waals surface area contributed by atoms with E-state index in [4.69, 9.17) is 0 Å². The predicted molar refractivity (Wildman–Crippen MR) is 49.4 cm³/mol. The summed E-state index contributed by atoms with van der Waals surface area (Å²) in [5.41, 5.74) is 2.18. The number of aromatic nitrogens is 3. The fraction of sp³-hybridized carbons (Fsp3) is 0.111. The van der Waals surface area contributed by atoms with Crippen molar-refractivity contribution in [2.24, 2.45) is 0 Å². The molecule has 0 spiro atoms. The number of aryl methyl sites for hydroxylation is 1. The number of H-pyrrole nitrogens is 2. The van der Waals surface area contributed by atoms with Crippen molar-refractivity contribution in [1.82, 2.24) is 15.2 Å². The van der Waals surface area contributed by atoms with Crippen molar-refractivity contribution in [2.75, 3.05) is 0 Å². The monoisotopic (exact) mass is 175 g/mol. The number of hydrogen-bond acceptors (Lipinski definition) is 2. The van der Waals surface area contributed by atoms with Gasteiger partial charge in [-0.1, -0.05) is 0 Å². The molecule has 13 heavy (non-hydrogen) atoms. The van der Waals surface area contributed by atoms with Gasteiger partial charge in [-0.15, -0.1) is 0 Å². The van der Waals surface area contributed by atoms with E-state index in [-0.39, 0.29) is 5.56 Å². The zero-order chi connectivity index (χ0) is 9.26. The molecule has 0 aliphatic rings. The smallest absolute Gasteiger partial charge is 0.273 e. The van der Waals surface area contributed by atoms with E-state index in [9.17, 15) is 4.79 Å². The molecule has 0 aromatic carbocycles. The van der Waals surface area contributed by atoms with E-state index in [1.54, 1.807) is 12.4 Å². The lowest BCUT2D eigenvalue weighted by atomic mass is 10.1. The molecule has 2 N–H and O–H groups in total. The second-order valence-corrected chi connectivity index (χ2v) is 2.84. The lowest BCUT2D eigenvalue weighted by molar-refractivity contribution is 0.975. The number of nitrogens with one attached hydrogen (secondary N) is 2. The van der Waals surface area contributed by atoms with E-state index >= 15 is 0 Å². The molecule has 0 amide bonds. The van der Waals surface area contributed by atoms with Crippen molar-refractivity contribution in [3.8, 4) is 11.3 Å². The molecule has 2 heterocycles. The molecule has 0 saturated carbocycles. The van der Waals surface area contributed by atoms with Crippen molar-refractivity contribution >= 4 is 0 Å². The van der Waals surface area contributed by atoms with Crippen LogP contribution >= 0.6 is 0 Å². The van der Waals surface area contributed by atoms with Crippen LogP contribution in [0.3, 0.4) is 0 Å². The number of nitrogens with zero attached hydrogens (tertiary/aromatic N) is 1. The van der Waals surface area contributed by atoms with Crippen LogP contribution in [0.4, 0.5) is 0 Å². The highest BCUT2D eigenvalue weighted by atomic mass is 16.1. The summed E-state index contributed by atoms with van der Waals surface area (Å²) < 4.78 is 0. The summed E-state index contributed by atoms with van der Waals surface area (Å²) in [6, 6.07) is 3.71. The first-order valence-corrected chi connectivity index (χ1v) is 3.97. The van der Waals surface area contributed by atoms with E-state index in [1.807, 2.05) is 19.1 Å². The number of hydrogen-bond donors (Lipinski definition) is 2. The summed E-state index contributed by atoms with van der Waals surface area (Å²) in [6.45, 7) is 1.86. The highest BCUT2D eigenvalue weighted by Gasteiger charge is 2.06. The van der Waals surface area contributed by atoms with E-state index < -0.39 is 0 Å². The molecule has 0 bridgehead atoms. The van der Waals surface area contributed by atoms with Crippen molar-refractivity contribution in [3.05, 3.63) is 40.4 Å². The van der Waals surface area contributed by atoms with E-state index in [2.05, 4.69) is 15.2 Å². The van der Waals surface area contributed by atoms with Crippen LogP contribution < -0.4 is 5.56 Å². The Hall–Kier alpha value is -1.84. The zero-order valence-corrected chi connectivity index (χ0v) is 7.16. The van der Waals surface area contributed by atoms with Gasteiger partial charge in [0.2, 0.25) is 0 Å². The molecule has 0 aliphatic heterocycles. The van der Waals surface area contributed by atoms with Gasteiger partial charge in [0.25, 0.3) is 5.56 Å². The Morgan fingerprint density at radius 2 is 2.31 bits per heavy atom. The second-order valence-electron chi connectivity index (χ2n) is 2.84. The topological polar surface area (TPSA) is 61.5 Å². The minimum Gasteiger partial charge on any atom is -0.361 e. The minimum absolute atomic E-state index is 0.164. The molecule has 4 nitrogen and oxygen atoms in total. The molecular weight excluding hydrogens is 166 g/mol. The van der Waals surface area contributed by atoms with Crippen molar-refractivity contribution < 1.29 is 0 Å². The SMILES string of the molecule is Cc1cn[nH]c(=O)c1-c1ccc[nH]1. The van der Waals surface area contributed by atoms with Gasteiger partial charge in [0.1, 0.15) is 0 Å². The number of rotatable bonds is 1. The van der Waals surface area contributed by atoms with E-state index in [0.29, 0.717) is 5.56 Å². The quantitative estimate of drug-likeness (QED) is 0.681. The molecule has 0 fully saturated rings. The Bertz CT molecular complexity index is 456. The molecule has 2 aromatic rings. The van der Waals surface area contributed by atoms with Crippen molar-refractivity contribution in [2.45, 2.75) is 6.92 Å². The van der Waals surface area contributed by atoms with Gasteiger partial charge in [0, 0.05) is 6.20 Å². The molecular formula is C9H9N3O. The maximum absolute atomic E-state index is 11.4. The van der Waals surface area contributed by atoms with Crippen LogP contribution in [0.5, 0.6) is 0 Å². The van der Waals surface area contributed by atoms with Crippen molar-refractivity contribution in [3.63, 3.8) is 0 Å². The Labute approximate surface area is 74.6 Å². The Morgan fingerprint density at radius 1 is 1.46 bits per heavy atom. The van der Waals surface area contributed by atoms with Gasteiger partial charge in [-0.3, -0.25) is 4.79 Å². The van der Waals surface area contributed by atoms with Gasteiger partial charge in [-0.2, -0.15) is 5.10 Å². The van der Waals surface area contributed by atoms with Crippen LogP contribution in [-0.2, 0) is 0 Å². The molecule has 4 heteroatoms. The first-order valence-electron chi connectivity index (χ1n) is 3.97. The molecule has 2 aromatic heterocycles. The molecule has 66 valence electrons. The van der Waals surface area contributed by atoms with E-state index in [1.165, 1.54) is 0 Å². The molecule has 0 saturated heterocycles. The van der Waals surface area contributed by atoms with Gasteiger partial charge in [0.15, 0.2) is 0 Å². The van der Waals surface area contributed by atoms with Crippen molar-refractivity contribution in [1.29, 1.82) is 0 Å². The van der Waals surface area contributed by atoms with Crippen LogP contribution in [0.1, 0.15) is 5.56 Å². The van der Waals surface area contributed by atoms with Gasteiger partial charge in [0.05, 0.1) is 17.5 Å². The maximum atomic E-state index is 11.4. The van der Waals surface area contributed by atoms with Gasteiger partial charge >= 0.3 is 0 Å². The molecule has 0 atom stereocenters. The summed E-state index contributed by atoms with van der Waals surface area (Å²) in [5.74, 6) is 0. The largest absolute Gasteiger partial charge is 0.361 e. The van der Waals surface area contributed by atoms with Gasteiger partial charge in [-0.05, 0) is 24.6 Å². The third kappa shape index (κ3) is 1.26. The fourth-order valence-corrected chi connectivity index (χ4v) is 1.31. The number of aromatic amines is 2.